The monoisotopic (exact) mass is 429 g/mol. The highest BCUT2D eigenvalue weighted by Crippen LogP contribution is 2.33. The Balaban J connectivity index is 1.90. The molecule has 0 fully saturated rings. The van der Waals surface area contributed by atoms with E-state index >= 15 is 0 Å². The smallest absolute Gasteiger partial charge is 0.200 e. The molecule has 2 aromatic heterocycles. The molecule has 2 heterocycles. The molecule has 24 heavy (non-hydrogen) atoms. The third-order valence-electron chi connectivity index (χ3n) is 3.38. The minimum atomic E-state index is -0.319. The molecule has 0 radical (unpaired) electrons. The Labute approximate surface area is 156 Å². The van der Waals surface area contributed by atoms with Crippen LogP contribution in [-0.4, -0.2) is 14.8 Å². The van der Waals surface area contributed by atoms with Crippen molar-refractivity contribution in [3.63, 3.8) is 0 Å². The second-order valence-electron chi connectivity index (χ2n) is 5.36. The van der Waals surface area contributed by atoms with Crippen molar-refractivity contribution in [1.82, 2.24) is 14.8 Å². The minimum absolute atomic E-state index is 0.123. The van der Waals surface area contributed by atoms with Gasteiger partial charge in [0.1, 0.15) is 5.82 Å². The second kappa shape index (κ2) is 7.29. The van der Waals surface area contributed by atoms with Crippen LogP contribution in [0.25, 0.3) is 11.6 Å². The molecule has 0 aliphatic rings. The number of aromatic nitrogens is 3. The van der Waals surface area contributed by atoms with E-state index in [4.69, 9.17) is 16.0 Å². The van der Waals surface area contributed by atoms with Crippen LogP contribution >= 0.6 is 39.3 Å². The summed E-state index contributed by atoms with van der Waals surface area (Å²) in [6, 6.07) is 8.43. The van der Waals surface area contributed by atoms with Crippen molar-refractivity contribution in [2.45, 2.75) is 30.8 Å². The molecular weight excluding hydrogens is 417 g/mol. The lowest BCUT2D eigenvalue weighted by atomic mass is 10.2. The van der Waals surface area contributed by atoms with E-state index in [0.29, 0.717) is 37.7 Å². The van der Waals surface area contributed by atoms with E-state index in [2.05, 4.69) is 26.1 Å². The molecule has 3 aromatic rings. The zero-order chi connectivity index (χ0) is 17.3. The molecule has 0 saturated carbocycles. The van der Waals surface area contributed by atoms with Gasteiger partial charge in [0.15, 0.2) is 15.6 Å². The molecule has 0 atom stereocenters. The zero-order valence-electron chi connectivity index (χ0n) is 13.0. The van der Waals surface area contributed by atoms with Gasteiger partial charge >= 0.3 is 0 Å². The summed E-state index contributed by atoms with van der Waals surface area (Å²) in [5, 5.41) is 9.56. The Bertz CT molecular complexity index is 845. The minimum Gasteiger partial charge on any atom is -0.446 e. The van der Waals surface area contributed by atoms with E-state index < -0.39 is 0 Å². The molecule has 0 unspecified atom stereocenters. The second-order valence-corrected chi connectivity index (χ2v) is 7.49. The Hall–Kier alpha value is -1.31. The van der Waals surface area contributed by atoms with Crippen molar-refractivity contribution in [3.05, 3.63) is 51.4 Å². The van der Waals surface area contributed by atoms with Crippen LogP contribution in [0.1, 0.15) is 25.5 Å². The highest BCUT2D eigenvalue weighted by Gasteiger charge is 2.20. The Kier molecular flexibility index (Phi) is 5.32. The summed E-state index contributed by atoms with van der Waals surface area (Å²) in [7, 11) is 0. The van der Waals surface area contributed by atoms with E-state index in [-0.39, 0.29) is 11.9 Å². The molecular formula is C16H14BrClFN3OS. The molecule has 8 heteroatoms. The van der Waals surface area contributed by atoms with Crippen molar-refractivity contribution >= 4 is 39.3 Å². The number of furan rings is 1. The Morgan fingerprint density at radius 2 is 2.08 bits per heavy atom. The summed E-state index contributed by atoms with van der Waals surface area (Å²) in [6.45, 7) is 4.07. The van der Waals surface area contributed by atoms with Crippen molar-refractivity contribution in [1.29, 1.82) is 0 Å². The number of hydrogen-bond donors (Lipinski definition) is 0. The van der Waals surface area contributed by atoms with Crippen LogP contribution in [0, 0.1) is 5.82 Å². The van der Waals surface area contributed by atoms with Gasteiger partial charge in [-0.2, -0.15) is 0 Å². The lowest BCUT2D eigenvalue weighted by Gasteiger charge is -2.13. The maximum atomic E-state index is 13.9. The van der Waals surface area contributed by atoms with Crippen LogP contribution in [0.4, 0.5) is 4.39 Å². The number of rotatable bonds is 5. The molecule has 0 bridgehead atoms. The fourth-order valence-electron chi connectivity index (χ4n) is 2.25. The first kappa shape index (κ1) is 17.5. The van der Waals surface area contributed by atoms with Gasteiger partial charge in [0.2, 0.25) is 5.82 Å². The molecule has 4 nitrogen and oxygen atoms in total. The first-order chi connectivity index (χ1) is 11.5. The number of thioether (sulfide) groups is 1. The summed E-state index contributed by atoms with van der Waals surface area (Å²) >= 11 is 10.8. The van der Waals surface area contributed by atoms with Crippen molar-refractivity contribution in [2.24, 2.45) is 0 Å². The van der Waals surface area contributed by atoms with E-state index in [1.807, 2.05) is 24.5 Å². The summed E-state index contributed by atoms with van der Waals surface area (Å²) < 4.78 is 22.1. The van der Waals surface area contributed by atoms with E-state index in [0.717, 1.165) is 0 Å². The van der Waals surface area contributed by atoms with Gasteiger partial charge in [-0.3, -0.25) is 4.57 Å². The third-order valence-corrected chi connectivity index (χ3v) is 5.13. The lowest BCUT2D eigenvalue weighted by molar-refractivity contribution is 0.519. The summed E-state index contributed by atoms with van der Waals surface area (Å²) in [5.41, 5.74) is 0.463. The first-order valence-electron chi connectivity index (χ1n) is 7.23. The van der Waals surface area contributed by atoms with Gasteiger partial charge in [0.25, 0.3) is 0 Å². The highest BCUT2D eigenvalue weighted by atomic mass is 79.9. The molecule has 1 aromatic carbocycles. The summed E-state index contributed by atoms with van der Waals surface area (Å²) in [5.74, 6) is 1.32. The number of nitrogens with zero attached hydrogens (tertiary/aromatic N) is 3. The number of halogens is 3. The van der Waals surface area contributed by atoms with Crippen LogP contribution in [0.3, 0.4) is 0 Å². The maximum Gasteiger partial charge on any atom is 0.200 e. The fourth-order valence-corrected chi connectivity index (χ4v) is 3.97. The molecule has 0 aliphatic heterocycles. The van der Waals surface area contributed by atoms with Gasteiger partial charge in [-0.05, 0) is 54.0 Å². The predicted octanol–water partition coefficient (Wildman–Crippen LogP) is 5.97. The van der Waals surface area contributed by atoms with Crippen molar-refractivity contribution in [2.75, 3.05) is 0 Å². The average Bonchev–Trinajstić information content (AvgIpc) is 3.12. The van der Waals surface area contributed by atoms with E-state index in [1.54, 1.807) is 18.2 Å². The highest BCUT2D eigenvalue weighted by molar-refractivity contribution is 9.10. The fraction of sp³-hybridized carbons (Fsp3) is 0.250. The molecule has 0 aliphatic carbocycles. The van der Waals surface area contributed by atoms with Crippen LogP contribution in [0.15, 0.2) is 44.6 Å². The van der Waals surface area contributed by atoms with Crippen LogP contribution < -0.4 is 0 Å². The van der Waals surface area contributed by atoms with Crippen molar-refractivity contribution in [3.8, 4) is 11.6 Å². The molecule has 0 N–H and O–H groups in total. The number of benzene rings is 1. The molecule has 3 rings (SSSR count). The normalized spacial score (nSPS) is 11.4. The van der Waals surface area contributed by atoms with Gasteiger partial charge in [-0.15, -0.1) is 10.2 Å². The Morgan fingerprint density at radius 1 is 1.29 bits per heavy atom. The largest absolute Gasteiger partial charge is 0.446 e. The van der Waals surface area contributed by atoms with Gasteiger partial charge in [0.05, 0.1) is 0 Å². The molecule has 0 amide bonds. The summed E-state index contributed by atoms with van der Waals surface area (Å²) in [6.07, 6.45) is 0. The van der Waals surface area contributed by atoms with Crippen LogP contribution in [0.2, 0.25) is 5.02 Å². The standard InChI is InChI=1S/C16H14BrClFN3OS/c1-9(2)22-15(13-6-7-14(17)23-13)20-21-16(22)24-8-10-11(18)4-3-5-12(10)19/h3-7,9H,8H2,1-2H3. The SMILES string of the molecule is CC(C)n1c(SCc2c(F)cccc2Cl)nnc1-c1ccc(Br)o1. The lowest BCUT2D eigenvalue weighted by Crippen LogP contribution is -2.05. The maximum absolute atomic E-state index is 13.9. The summed E-state index contributed by atoms with van der Waals surface area (Å²) in [4.78, 5) is 0. The molecule has 0 saturated heterocycles. The Morgan fingerprint density at radius 3 is 2.71 bits per heavy atom. The predicted molar refractivity (Wildman–Crippen MR) is 96.8 cm³/mol. The van der Waals surface area contributed by atoms with E-state index in [1.165, 1.54) is 17.8 Å². The molecule has 126 valence electrons. The third kappa shape index (κ3) is 3.53. The van der Waals surface area contributed by atoms with E-state index in [9.17, 15) is 4.39 Å². The van der Waals surface area contributed by atoms with Crippen LogP contribution in [0.5, 0.6) is 0 Å². The number of hydrogen-bond acceptors (Lipinski definition) is 4. The molecule has 0 spiro atoms. The van der Waals surface area contributed by atoms with Gasteiger partial charge in [-0.25, -0.2) is 4.39 Å². The van der Waals surface area contributed by atoms with Crippen molar-refractivity contribution < 1.29 is 8.81 Å². The van der Waals surface area contributed by atoms with Gasteiger partial charge in [-0.1, -0.05) is 29.4 Å². The first-order valence-corrected chi connectivity index (χ1v) is 9.39. The van der Waals surface area contributed by atoms with Gasteiger partial charge in [0, 0.05) is 22.4 Å². The zero-order valence-corrected chi connectivity index (χ0v) is 16.1. The van der Waals surface area contributed by atoms with Crippen LogP contribution in [-0.2, 0) is 5.75 Å². The van der Waals surface area contributed by atoms with Gasteiger partial charge < -0.3 is 4.42 Å². The topological polar surface area (TPSA) is 43.9 Å². The average molecular weight is 431 g/mol. The quantitative estimate of drug-likeness (QED) is 0.468.